The van der Waals surface area contributed by atoms with Crippen molar-refractivity contribution in [2.75, 3.05) is 19.3 Å². The van der Waals surface area contributed by atoms with Gasteiger partial charge in [-0.05, 0) is 17.5 Å². The molecule has 24 heavy (non-hydrogen) atoms. The highest BCUT2D eigenvalue weighted by atomic mass is 32.2. The van der Waals surface area contributed by atoms with E-state index in [9.17, 15) is 13.2 Å². The molecule has 0 saturated carbocycles. The van der Waals surface area contributed by atoms with Crippen molar-refractivity contribution >= 4 is 15.9 Å². The first kappa shape index (κ1) is 18.2. The molecule has 2 aromatic carbocycles. The van der Waals surface area contributed by atoms with Crippen molar-refractivity contribution in [1.82, 2.24) is 9.62 Å². The van der Waals surface area contributed by atoms with Crippen LogP contribution >= 0.6 is 0 Å². The number of sulfonamides is 1. The first-order valence-electron chi connectivity index (χ1n) is 7.75. The summed E-state index contributed by atoms with van der Waals surface area (Å²) in [5, 5.41) is 0. The fourth-order valence-electron chi connectivity index (χ4n) is 2.22. The van der Waals surface area contributed by atoms with E-state index >= 15 is 0 Å². The van der Waals surface area contributed by atoms with Crippen molar-refractivity contribution in [1.29, 1.82) is 0 Å². The third-order valence-electron chi connectivity index (χ3n) is 3.63. The predicted octanol–water partition coefficient (Wildman–Crippen LogP) is 1.81. The number of nitrogens with zero attached hydrogens (tertiary/aromatic N) is 1. The smallest absolute Gasteiger partial charge is 0.237 e. The van der Waals surface area contributed by atoms with Crippen molar-refractivity contribution in [3.63, 3.8) is 0 Å². The molecule has 0 aliphatic rings. The summed E-state index contributed by atoms with van der Waals surface area (Å²) in [5.74, 6) is -0.297. The van der Waals surface area contributed by atoms with Crippen molar-refractivity contribution in [3.05, 3.63) is 71.8 Å². The fraction of sp³-hybridized carbons (Fsp3) is 0.278. The van der Waals surface area contributed by atoms with Gasteiger partial charge >= 0.3 is 0 Å². The summed E-state index contributed by atoms with van der Waals surface area (Å²) in [4.78, 5) is 13.6. The van der Waals surface area contributed by atoms with Gasteiger partial charge in [-0.25, -0.2) is 13.1 Å². The van der Waals surface area contributed by atoms with Crippen molar-refractivity contribution < 1.29 is 13.2 Å². The molecule has 128 valence electrons. The first-order valence-corrected chi connectivity index (χ1v) is 9.41. The maximum Gasteiger partial charge on any atom is 0.237 e. The molecule has 0 unspecified atom stereocenters. The number of nitrogens with one attached hydrogen (secondary N) is 1. The highest BCUT2D eigenvalue weighted by Crippen LogP contribution is 2.03. The quantitative estimate of drug-likeness (QED) is 0.793. The number of amides is 1. The van der Waals surface area contributed by atoms with Crippen LogP contribution in [0.3, 0.4) is 0 Å². The van der Waals surface area contributed by atoms with E-state index in [4.69, 9.17) is 0 Å². The maximum absolute atomic E-state index is 12.1. The van der Waals surface area contributed by atoms with Crippen LogP contribution < -0.4 is 4.72 Å². The minimum Gasteiger partial charge on any atom is -0.340 e. The summed E-state index contributed by atoms with van der Waals surface area (Å²) >= 11 is 0. The van der Waals surface area contributed by atoms with E-state index in [0.29, 0.717) is 13.0 Å². The van der Waals surface area contributed by atoms with Crippen LogP contribution in [0.1, 0.15) is 11.1 Å². The molecule has 0 aliphatic carbocycles. The fourth-order valence-corrected chi connectivity index (χ4v) is 3.21. The number of likely N-dealkylation sites (N-methyl/N-ethyl adjacent to an activating group) is 1. The lowest BCUT2D eigenvalue weighted by Gasteiger charge is -2.17. The van der Waals surface area contributed by atoms with Gasteiger partial charge in [0.05, 0.1) is 12.3 Å². The number of hydrogen-bond donors (Lipinski definition) is 1. The van der Waals surface area contributed by atoms with Gasteiger partial charge in [-0.1, -0.05) is 60.7 Å². The van der Waals surface area contributed by atoms with E-state index < -0.39 is 10.0 Å². The number of rotatable bonds is 8. The highest BCUT2D eigenvalue weighted by molar-refractivity contribution is 7.89. The van der Waals surface area contributed by atoms with E-state index in [1.54, 1.807) is 7.05 Å². The van der Waals surface area contributed by atoms with E-state index in [2.05, 4.69) is 4.72 Å². The Bertz CT molecular complexity index is 746. The Morgan fingerprint density at radius 2 is 1.50 bits per heavy atom. The summed E-state index contributed by atoms with van der Waals surface area (Å²) < 4.78 is 26.4. The molecule has 2 aromatic rings. The molecule has 1 amide bonds. The Morgan fingerprint density at radius 1 is 0.958 bits per heavy atom. The lowest BCUT2D eigenvalue weighted by Crippen LogP contribution is -2.38. The van der Waals surface area contributed by atoms with Gasteiger partial charge in [-0.2, -0.15) is 0 Å². The highest BCUT2D eigenvalue weighted by Gasteiger charge is 2.15. The van der Waals surface area contributed by atoms with Crippen molar-refractivity contribution in [2.45, 2.75) is 13.0 Å². The van der Waals surface area contributed by atoms with Crippen LogP contribution in [0.4, 0.5) is 0 Å². The van der Waals surface area contributed by atoms with Crippen LogP contribution in [0.15, 0.2) is 60.7 Å². The van der Waals surface area contributed by atoms with Crippen molar-refractivity contribution in [3.8, 4) is 0 Å². The maximum atomic E-state index is 12.1. The van der Waals surface area contributed by atoms with Gasteiger partial charge in [0, 0.05) is 13.6 Å². The van der Waals surface area contributed by atoms with Gasteiger partial charge in [0.1, 0.15) is 0 Å². The minimum atomic E-state index is -3.48. The molecule has 0 saturated heterocycles. The SMILES string of the molecule is CN(Cc1ccccc1)C(=O)CNS(=O)(=O)CCc1ccccc1. The molecule has 0 fully saturated rings. The van der Waals surface area contributed by atoms with Crippen LogP contribution in [-0.4, -0.2) is 38.6 Å². The molecule has 0 spiro atoms. The van der Waals surface area contributed by atoms with Crippen LogP contribution in [0.2, 0.25) is 0 Å². The molecular weight excluding hydrogens is 324 g/mol. The standard InChI is InChI=1S/C18H22N2O3S/c1-20(15-17-10-6-3-7-11-17)18(21)14-19-24(22,23)13-12-16-8-4-2-5-9-16/h2-11,19H,12-15H2,1H3. The second-order valence-electron chi connectivity index (χ2n) is 5.61. The van der Waals surface area contributed by atoms with Gasteiger partial charge in [-0.3, -0.25) is 4.79 Å². The number of aryl methyl sites for hydroxylation is 1. The molecule has 0 bridgehead atoms. The van der Waals surface area contributed by atoms with Crippen LogP contribution in [-0.2, 0) is 27.8 Å². The van der Waals surface area contributed by atoms with Gasteiger partial charge in [0.25, 0.3) is 0 Å². The van der Waals surface area contributed by atoms with E-state index in [-0.39, 0.29) is 18.2 Å². The molecule has 0 atom stereocenters. The number of carbonyl (C=O) groups excluding carboxylic acids is 1. The molecule has 0 radical (unpaired) electrons. The molecule has 0 aromatic heterocycles. The summed E-state index contributed by atoms with van der Waals surface area (Å²) in [7, 11) is -1.82. The Hall–Kier alpha value is -2.18. The Labute approximate surface area is 143 Å². The molecule has 0 heterocycles. The van der Waals surface area contributed by atoms with E-state index in [1.807, 2.05) is 60.7 Å². The largest absolute Gasteiger partial charge is 0.340 e. The third kappa shape index (κ3) is 6.14. The lowest BCUT2D eigenvalue weighted by molar-refractivity contribution is -0.129. The Balaban J connectivity index is 1.79. The van der Waals surface area contributed by atoms with Gasteiger partial charge in [-0.15, -0.1) is 0 Å². The summed E-state index contributed by atoms with van der Waals surface area (Å²) in [5.41, 5.74) is 1.95. The van der Waals surface area contributed by atoms with Crippen LogP contribution in [0.5, 0.6) is 0 Å². The zero-order valence-electron chi connectivity index (χ0n) is 13.7. The average Bonchev–Trinajstić information content (AvgIpc) is 2.60. The van der Waals surface area contributed by atoms with Crippen molar-refractivity contribution in [2.24, 2.45) is 0 Å². The number of carbonyl (C=O) groups is 1. The monoisotopic (exact) mass is 346 g/mol. The number of benzene rings is 2. The van der Waals surface area contributed by atoms with Gasteiger partial charge in [0.15, 0.2) is 0 Å². The molecule has 2 rings (SSSR count). The lowest BCUT2D eigenvalue weighted by atomic mass is 10.2. The normalized spacial score (nSPS) is 11.2. The number of hydrogen-bond acceptors (Lipinski definition) is 3. The Kier molecular flexibility index (Phi) is 6.52. The second-order valence-corrected chi connectivity index (χ2v) is 7.54. The Morgan fingerprint density at radius 3 is 2.08 bits per heavy atom. The van der Waals surface area contributed by atoms with E-state index in [1.165, 1.54) is 4.90 Å². The zero-order valence-corrected chi connectivity index (χ0v) is 14.5. The molecule has 0 aliphatic heterocycles. The average molecular weight is 346 g/mol. The first-order chi connectivity index (χ1) is 11.5. The summed E-state index contributed by atoms with van der Waals surface area (Å²) in [6.07, 6.45) is 0.421. The van der Waals surface area contributed by atoms with Gasteiger partial charge < -0.3 is 4.90 Å². The molecule has 6 heteroatoms. The summed E-state index contributed by atoms with van der Waals surface area (Å²) in [6, 6.07) is 19.0. The molecular formula is C18H22N2O3S. The molecule has 5 nitrogen and oxygen atoms in total. The zero-order chi connectivity index (χ0) is 17.4. The summed E-state index contributed by atoms with van der Waals surface area (Å²) in [6.45, 7) is 0.228. The van der Waals surface area contributed by atoms with Crippen LogP contribution in [0.25, 0.3) is 0 Å². The molecule has 1 N–H and O–H groups in total. The van der Waals surface area contributed by atoms with Crippen LogP contribution in [0, 0.1) is 0 Å². The third-order valence-corrected chi connectivity index (χ3v) is 4.96. The minimum absolute atomic E-state index is 0.0350. The van der Waals surface area contributed by atoms with E-state index in [0.717, 1.165) is 11.1 Å². The topological polar surface area (TPSA) is 66.5 Å². The predicted molar refractivity (Wildman–Crippen MR) is 94.9 cm³/mol. The second kappa shape index (κ2) is 8.61. The van der Waals surface area contributed by atoms with Gasteiger partial charge in [0.2, 0.25) is 15.9 Å².